The summed E-state index contributed by atoms with van der Waals surface area (Å²) in [4.78, 5) is 16.4. The van der Waals surface area contributed by atoms with Crippen LogP contribution in [-0.2, 0) is 6.54 Å². The van der Waals surface area contributed by atoms with E-state index in [9.17, 15) is 4.79 Å². The molecule has 4 rings (SSSR count). The zero-order chi connectivity index (χ0) is 20.8. The maximum atomic E-state index is 12.4. The largest absolute Gasteiger partial charge is 0.417 e. The third kappa shape index (κ3) is 5.37. The van der Waals surface area contributed by atoms with Gasteiger partial charge in [0.25, 0.3) is 0 Å². The van der Waals surface area contributed by atoms with Crippen molar-refractivity contribution in [1.82, 2.24) is 10.3 Å². The van der Waals surface area contributed by atoms with Gasteiger partial charge in [0.15, 0.2) is 0 Å². The third-order valence-electron chi connectivity index (χ3n) is 5.81. The van der Waals surface area contributed by atoms with Crippen LogP contribution in [0, 0.1) is 5.92 Å². The van der Waals surface area contributed by atoms with E-state index in [1.54, 1.807) is 35.9 Å². The molecule has 1 fully saturated rings. The Labute approximate surface area is 181 Å². The lowest BCUT2D eigenvalue weighted by atomic mass is 9.85. The zero-order valence-electron chi connectivity index (χ0n) is 17.4. The van der Waals surface area contributed by atoms with Crippen LogP contribution in [0.5, 0.6) is 5.75 Å². The number of aromatic nitrogens is 1. The van der Waals surface area contributed by atoms with Gasteiger partial charge in [-0.15, -0.1) is 11.3 Å². The highest BCUT2D eigenvalue weighted by molar-refractivity contribution is 7.23. The number of anilines is 1. The summed E-state index contributed by atoms with van der Waals surface area (Å²) in [6.45, 7) is 3.00. The Kier molecular flexibility index (Phi) is 6.97. The first-order chi connectivity index (χ1) is 14.7. The van der Waals surface area contributed by atoms with Gasteiger partial charge in [-0.1, -0.05) is 50.3 Å². The lowest BCUT2D eigenvalue weighted by molar-refractivity contribution is 0.215. The minimum Gasteiger partial charge on any atom is -0.410 e. The number of hydrogen-bond acceptors (Lipinski definition) is 5. The second-order valence-electron chi connectivity index (χ2n) is 8.13. The predicted octanol–water partition coefficient (Wildman–Crippen LogP) is 6.36. The van der Waals surface area contributed by atoms with Crippen LogP contribution < -0.4 is 15.4 Å². The first-order valence-electron chi connectivity index (χ1n) is 10.8. The van der Waals surface area contributed by atoms with Crippen molar-refractivity contribution < 1.29 is 9.53 Å². The molecule has 0 aliphatic heterocycles. The van der Waals surface area contributed by atoms with Gasteiger partial charge in [0.05, 0.1) is 0 Å². The number of fused-ring (bicyclic) bond motifs is 1. The van der Waals surface area contributed by atoms with Crippen molar-refractivity contribution in [2.75, 3.05) is 5.32 Å². The molecule has 1 aliphatic rings. The molecule has 0 spiro atoms. The van der Waals surface area contributed by atoms with Gasteiger partial charge in [-0.25, -0.2) is 4.79 Å². The molecule has 3 aromatic rings. The van der Waals surface area contributed by atoms with Gasteiger partial charge in [0.2, 0.25) is 0 Å². The SMILES string of the molecule is CC(CC1CCCCC1)NCc1c(NC(=O)Oc2ccncc2)sc2ccccc12. The van der Waals surface area contributed by atoms with Gasteiger partial charge in [0.1, 0.15) is 10.8 Å². The van der Waals surface area contributed by atoms with E-state index in [4.69, 9.17) is 4.74 Å². The number of hydrogen-bond donors (Lipinski definition) is 2. The lowest BCUT2D eigenvalue weighted by Gasteiger charge is -2.25. The van der Waals surface area contributed by atoms with Crippen LogP contribution in [0.4, 0.5) is 9.80 Å². The van der Waals surface area contributed by atoms with Gasteiger partial charge < -0.3 is 10.1 Å². The lowest BCUT2D eigenvalue weighted by Crippen LogP contribution is -2.29. The maximum Gasteiger partial charge on any atom is 0.417 e. The summed E-state index contributed by atoms with van der Waals surface area (Å²) < 4.78 is 6.55. The van der Waals surface area contributed by atoms with Crippen molar-refractivity contribution in [3.63, 3.8) is 0 Å². The van der Waals surface area contributed by atoms with Crippen LogP contribution in [0.2, 0.25) is 0 Å². The van der Waals surface area contributed by atoms with E-state index in [2.05, 4.69) is 34.7 Å². The number of thiophene rings is 1. The van der Waals surface area contributed by atoms with E-state index in [0.717, 1.165) is 27.7 Å². The molecule has 30 heavy (non-hydrogen) atoms. The summed E-state index contributed by atoms with van der Waals surface area (Å²) in [6.07, 6.45) is 10.8. The van der Waals surface area contributed by atoms with E-state index >= 15 is 0 Å². The van der Waals surface area contributed by atoms with E-state index in [-0.39, 0.29) is 0 Å². The van der Waals surface area contributed by atoms with Crippen LogP contribution in [0.1, 0.15) is 51.0 Å². The number of carbonyl (C=O) groups is 1. The minimum absolute atomic E-state index is 0.448. The average Bonchev–Trinajstić information content (AvgIpc) is 3.10. The summed E-state index contributed by atoms with van der Waals surface area (Å²) in [5.41, 5.74) is 1.12. The van der Waals surface area contributed by atoms with E-state index in [0.29, 0.717) is 11.8 Å². The summed E-state index contributed by atoms with van der Waals surface area (Å²) in [5.74, 6) is 1.32. The smallest absolute Gasteiger partial charge is 0.410 e. The Hall–Kier alpha value is -2.44. The number of amides is 1. The van der Waals surface area contributed by atoms with Crippen molar-refractivity contribution in [3.05, 3.63) is 54.4 Å². The van der Waals surface area contributed by atoms with Crippen LogP contribution in [0.25, 0.3) is 10.1 Å². The number of nitrogens with zero attached hydrogens (tertiary/aromatic N) is 1. The highest BCUT2D eigenvalue weighted by atomic mass is 32.1. The summed E-state index contributed by atoms with van der Waals surface area (Å²) >= 11 is 1.59. The van der Waals surface area contributed by atoms with Crippen molar-refractivity contribution >= 4 is 32.5 Å². The third-order valence-corrected chi connectivity index (χ3v) is 6.94. The molecule has 0 bridgehead atoms. The molecule has 1 aliphatic carbocycles. The molecule has 2 N–H and O–H groups in total. The molecule has 0 saturated heterocycles. The fourth-order valence-corrected chi connectivity index (χ4v) is 5.40. The molecular formula is C24H29N3O2S. The molecule has 6 heteroatoms. The van der Waals surface area contributed by atoms with Gasteiger partial charge >= 0.3 is 6.09 Å². The van der Waals surface area contributed by atoms with Gasteiger partial charge in [0, 0.05) is 35.2 Å². The van der Waals surface area contributed by atoms with Gasteiger partial charge in [-0.3, -0.25) is 10.3 Å². The molecular weight excluding hydrogens is 394 g/mol. The van der Waals surface area contributed by atoms with Crippen LogP contribution in [-0.4, -0.2) is 17.1 Å². The molecule has 158 valence electrons. The molecule has 2 heterocycles. The van der Waals surface area contributed by atoms with E-state index in [1.807, 2.05) is 12.1 Å². The monoisotopic (exact) mass is 423 g/mol. The number of pyridine rings is 1. The first kappa shape index (κ1) is 20.8. The van der Waals surface area contributed by atoms with E-state index in [1.165, 1.54) is 43.9 Å². The van der Waals surface area contributed by atoms with Crippen LogP contribution in [0.15, 0.2) is 48.8 Å². The fourth-order valence-electron chi connectivity index (χ4n) is 4.29. The Balaban J connectivity index is 1.44. The number of ether oxygens (including phenoxy) is 1. The normalized spacial score (nSPS) is 15.8. The van der Waals surface area contributed by atoms with Crippen molar-refractivity contribution in [2.45, 2.75) is 58.0 Å². The van der Waals surface area contributed by atoms with Gasteiger partial charge in [-0.2, -0.15) is 0 Å². The molecule has 5 nitrogen and oxygen atoms in total. The van der Waals surface area contributed by atoms with Crippen molar-refractivity contribution in [2.24, 2.45) is 5.92 Å². The van der Waals surface area contributed by atoms with E-state index < -0.39 is 6.09 Å². The predicted molar refractivity (Wildman–Crippen MR) is 123 cm³/mol. The first-order valence-corrected chi connectivity index (χ1v) is 11.6. The van der Waals surface area contributed by atoms with Crippen LogP contribution >= 0.6 is 11.3 Å². The number of benzene rings is 1. The number of rotatable bonds is 7. The summed E-state index contributed by atoms with van der Waals surface area (Å²) in [6, 6.07) is 12.1. The van der Waals surface area contributed by atoms with Gasteiger partial charge in [-0.05, 0) is 42.8 Å². The molecule has 1 atom stereocenters. The number of carbonyl (C=O) groups excluding carboxylic acids is 1. The fraction of sp³-hybridized carbons (Fsp3) is 0.417. The maximum absolute atomic E-state index is 12.4. The quantitative estimate of drug-likeness (QED) is 0.464. The standard InChI is InChI=1S/C24H29N3O2S/c1-17(15-18-7-3-2-4-8-18)26-16-21-20-9-5-6-10-22(20)30-23(21)27-24(28)29-19-11-13-25-14-12-19/h5-6,9-14,17-18,26H,2-4,7-8,15-16H2,1H3,(H,27,28). The summed E-state index contributed by atoms with van der Waals surface area (Å²) in [7, 11) is 0. The Morgan fingerprint density at radius 3 is 2.73 bits per heavy atom. The second kappa shape index (κ2) is 10.0. The Bertz CT molecular complexity index is 967. The highest BCUT2D eigenvalue weighted by Gasteiger charge is 2.19. The molecule has 1 aromatic carbocycles. The molecule has 1 saturated carbocycles. The average molecular weight is 424 g/mol. The highest BCUT2D eigenvalue weighted by Crippen LogP contribution is 2.36. The molecule has 2 aromatic heterocycles. The van der Waals surface area contributed by atoms with Crippen LogP contribution in [0.3, 0.4) is 0 Å². The topological polar surface area (TPSA) is 63.2 Å². The zero-order valence-corrected chi connectivity index (χ0v) is 18.2. The Morgan fingerprint density at radius 1 is 1.17 bits per heavy atom. The van der Waals surface area contributed by atoms with Crippen molar-refractivity contribution in [3.8, 4) is 5.75 Å². The molecule has 1 unspecified atom stereocenters. The number of nitrogens with one attached hydrogen (secondary N) is 2. The molecule has 0 radical (unpaired) electrons. The summed E-state index contributed by atoms with van der Waals surface area (Å²) in [5, 5.41) is 8.66. The molecule has 1 amide bonds. The Morgan fingerprint density at radius 2 is 1.93 bits per heavy atom. The van der Waals surface area contributed by atoms with Crippen molar-refractivity contribution in [1.29, 1.82) is 0 Å². The minimum atomic E-state index is -0.482. The second-order valence-corrected chi connectivity index (χ2v) is 9.18.